The minimum Gasteiger partial charge on any atom is -0.400 e. The van der Waals surface area contributed by atoms with Crippen molar-refractivity contribution in [2.75, 3.05) is 25.5 Å². The van der Waals surface area contributed by atoms with Crippen molar-refractivity contribution in [2.45, 2.75) is 114 Å². The average Bonchev–Trinajstić information content (AvgIpc) is 3.65. The van der Waals surface area contributed by atoms with Crippen LogP contribution in [0.4, 0.5) is 5.82 Å². The van der Waals surface area contributed by atoms with Crippen molar-refractivity contribution < 1.29 is 14.7 Å². The number of nitrogens with one attached hydrogen (secondary N) is 1. The highest BCUT2D eigenvalue weighted by Gasteiger charge is 2.43. The maximum Gasteiger partial charge on any atom is 0.254 e. The highest BCUT2D eigenvalue weighted by atomic mass is 35.5. The summed E-state index contributed by atoms with van der Waals surface area (Å²) in [5.41, 5.74) is 17.2. The van der Waals surface area contributed by atoms with Gasteiger partial charge in [0.05, 0.1) is 11.1 Å². The van der Waals surface area contributed by atoms with Crippen LogP contribution in [0.25, 0.3) is 0 Å². The minimum atomic E-state index is -0.674. The Morgan fingerprint density at radius 2 is 1.32 bits per heavy atom. The van der Waals surface area contributed by atoms with Gasteiger partial charge in [-0.1, -0.05) is 11.6 Å². The van der Waals surface area contributed by atoms with Gasteiger partial charge in [0, 0.05) is 54.7 Å². The van der Waals surface area contributed by atoms with E-state index in [2.05, 4.69) is 62.7 Å². The molecule has 262 valence electrons. The van der Waals surface area contributed by atoms with Crippen molar-refractivity contribution in [3.8, 4) is 0 Å². The van der Waals surface area contributed by atoms with Crippen LogP contribution >= 0.6 is 34.8 Å². The van der Waals surface area contributed by atoms with Crippen LogP contribution < -0.4 is 22.5 Å². The number of hydrogen-bond acceptors (Lipinski definition) is 11. The molecule has 4 fully saturated rings. The molecule has 4 aliphatic rings. The van der Waals surface area contributed by atoms with E-state index in [4.69, 9.17) is 57.1 Å². The summed E-state index contributed by atoms with van der Waals surface area (Å²) in [6.07, 6.45) is 12.2. The van der Waals surface area contributed by atoms with E-state index in [9.17, 15) is 9.59 Å². The third-order valence-electron chi connectivity index (χ3n) is 9.29. The van der Waals surface area contributed by atoms with E-state index >= 15 is 0 Å². The van der Waals surface area contributed by atoms with E-state index in [1.807, 2.05) is 0 Å². The third kappa shape index (κ3) is 10.3. The first-order chi connectivity index (χ1) is 22.1. The number of aromatic nitrogens is 4. The summed E-state index contributed by atoms with van der Waals surface area (Å²) in [5, 5.41) is 10.4. The molecule has 4 saturated heterocycles. The molecule has 0 aliphatic carbocycles. The Balaban J connectivity index is 0.000000203. The molecule has 2 aromatic rings. The second-order valence-corrected chi connectivity index (χ2v) is 14.6. The van der Waals surface area contributed by atoms with Gasteiger partial charge in [0.25, 0.3) is 11.8 Å². The number of piperidine rings is 2. The summed E-state index contributed by atoms with van der Waals surface area (Å²) < 4.78 is 0. The molecule has 0 radical (unpaired) electrons. The van der Waals surface area contributed by atoms with Crippen molar-refractivity contribution >= 4 is 52.4 Å². The topological polar surface area (TPSA) is 202 Å². The number of carbonyl (C=O) groups is 2. The van der Waals surface area contributed by atoms with Gasteiger partial charge in [-0.2, -0.15) is 4.98 Å². The SMILES string of the molecule is CC1(C)C[C@H](N)C[C@@H]2CCCN21.CC1(C)C[C@H](Nc2nc(Cl)ncc2C(N)=O)C[C@@H]2CCCN21.CO.NC(=O)c1cnc(Cl)nc1Cl. The van der Waals surface area contributed by atoms with Gasteiger partial charge in [0.2, 0.25) is 10.6 Å². The first-order valence-electron chi connectivity index (χ1n) is 15.9. The number of halogens is 3. The second kappa shape index (κ2) is 16.8. The number of hydrogen-bond donors (Lipinski definition) is 5. The molecule has 0 aromatic carbocycles. The predicted octanol–water partition coefficient (Wildman–Crippen LogP) is 3.89. The lowest BCUT2D eigenvalue weighted by Crippen LogP contribution is -2.55. The lowest BCUT2D eigenvalue weighted by atomic mass is 9.84. The van der Waals surface area contributed by atoms with E-state index in [0.717, 1.165) is 26.0 Å². The standard InChI is InChI=1S/C15H22ClN5O.C10H20N2.C5H3Cl2N3O.CH4O/c1-15(2)7-9(6-10-4-3-5-21(10)15)19-13-11(12(17)22)8-18-14(16)20-13;1-10(2)7-8(11)6-9-4-3-5-12(9)10;6-3-2(4(8)11)1-9-5(7)10-3;1-2/h8-10H,3-7H2,1-2H3,(H2,17,22)(H,18,19,20);8-9H,3-7,11H2,1-2H3;1H,(H2,8,11);2H,1H3/t9-,10+;8-,9+;;/m11../s1. The van der Waals surface area contributed by atoms with Crippen LogP contribution in [0.2, 0.25) is 15.7 Å². The largest absolute Gasteiger partial charge is 0.400 e. The molecule has 4 atom stereocenters. The Bertz CT molecular complexity index is 1380. The van der Waals surface area contributed by atoms with E-state index in [0.29, 0.717) is 23.4 Å². The Morgan fingerprint density at radius 1 is 0.830 bits per heavy atom. The average molecular weight is 716 g/mol. The molecule has 6 rings (SSSR count). The van der Waals surface area contributed by atoms with Crippen LogP contribution in [-0.4, -0.2) is 102 Å². The summed E-state index contributed by atoms with van der Waals surface area (Å²) >= 11 is 16.7. The van der Waals surface area contributed by atoms with E-state index < -0.39 is 11.8 Å². The minimum absolute atomic E-state index is 0.0139. The van der Waals surface area contributed by atoms with Gasteiger partial charge < -0.3 is 27.6 Å². The quantitative estimate of drug-likeness (QED) is 0.227. The van der Waals surface area contributed by atoms with Crippen molar-refractivity contribution in [3.05, 3.63) is 39.2 Å². The van der Waals surface area contributed by atoms with Gasteiger partial charge in [-0.15, -0.1) is 0 Å². The molecule has 8 N–H and O–H groups in total. The molecule has 0 bridgehead atoms. The number of primary amides is 2. The summed E-state index contributed by atoms with van der Waals surface area (Å²) in [6, 6.07) is 2.08. The fourth-order valence-corrected chi connectivity index (χ4v) is 8.07. The maximum atomic E-state index is 11.5. The molecule has 2 amide bonds. The zero-order valence-electron chi connectivity index (χ0n) is 27.8. The van der Waals surface area contributed by atoms with E-state index in [1.165, 1.54) is 64.0 Å². The number of nitrogens with zero attached hydrogens (tertiary/aromatic N) is 6. The number of rotatable bonds is 4. The monoisotopic (exact) mass is 714 g/mol. The number of amides is 2. The first-order valence-corrected chi connectivity index (χ1v) is 17.0. The summed E-state index contributed by atoms with van der Waals surface area (Å²) in [5.74, 6) is -0.775. The molecule has 4 aliphatic heterocycles. The van der Waals surface area contributed by atoms with Crippen molar-refractivity contribution in [1.29, 1.82) is 0 Å². The van der Waals surface area contributed by atoms with Crippen LogP contribution in [0.15, 0.2) is 12.4 Å². The molecule has 47 heavy (non-hydrogen) atoms. The Hall–Kier alpha value is -2.39. The number of anilines is 1. The third-order valence-corrected chi connectivity index (χ3v) is 9.94. The number of carbonyl (C=O) groups excluding carboxylic acids is 2. The Morgan fingerprint density at radius 3 is 1.85 bits per heavy atom. The van der Waals surface area contributed by atoms with Gasteiger partial charge in [-0.05, 0) is 115 Å². The lowest BCUT2D eigenvalue weighted by Gasteiger charge is -2.47. The molecule has 0 saturated carbocycles. The maximum absolute atomic E-state index is 11.5. The fraction of sp³-hybridized carbons (Fsp3) is 0.677. The zero-order valence-corrected chi connectivity index (χ0v) is 30.1. The van der Waals surface area contributed by atoms with Gasteiger partial charge >= 0.3 is 0 Å². The zero-order chi connectivity index (χ0) is 35.1. The lowest BCUT2D eigenvalue weighted by molar-refractivity contribution is 0.0462. The van der Waals surface area contributed by atoms with Crippen molar-refractivity contribution in [1.82, 2.24) is 29.7 Å². The highest BCUT2D eigenvalue weighted by Crippen LogP contribution is 2.39. The molecule has 6 heterocycles. The van der Waals surface area contributed by atoms with Gasteiger partial charge in [-0.3, -0.25) is 19.4 Å². The Kier molecular flexibility index (Phi) is 14.0. The normalized spacial score (nSPS) is 25.7. The molecular formula is C31H49Cl3N10O3. The number of fused-ring (bicyclic) bond motifs is 2. The molecule has 2 aromatic heterocycles. The predicted molar refractivity (Wildman–Crippen MR) is 186 cm³/mol. The van der Waals surface area contributed by atoms with Gasteiger partial charge in [0.15, 0.2) is 0 Å². The van der Waals surface area contributed by atoms with Crippen LogP contribution in [0.3, 0.4) is 0 Å². The van der Waals surface area contributed by atoms with Gasteiger partial charge in [-0.25, -0.2) is 15.0 Å². The summed E-state index contributed by atoms with van der Waals surface area (Å²) in [7, 11) is 1.00. The van der Waals surface area contributed by atoms with Crippen molar-refractivity contribution in [3.63, 3.8) is 0 Å². The molecular weight excluding hydrogens is 667 g/mol. The fourth-order valence-electron chi connectivity index (χ4n) is 7.54. The van der Waals surface area contributed by atoms with Crippen LogP contribution in [0, 0.1) is 0 Å². The second-order valence-electron chi connectivity index (χ2n) is 13.6. The van der Waals surface area contributed by atoms with Crippen molar-refractivity contribution in [2.24, 2.45) is 17.2 Å². The molecule has 0 unspecified atom stereocenters. The summed E-state index contributed by atoms with van der Waals surface area (Å²) in [4.78, 5) is 42.4. The van der Waals surface area contributed by atoms with Crippen LogP contribution in [0.1, 0.15) is 99.8 Å². The Labute approximate surface area is 292 Å². The molecule has 16 heteroatoms. The molecule has 13 nitrogen and oxygen atoms in total. The van der Waals surface area contributed by atoms with Crippen LogP contribution in [-0.2, 0) is 0 Å². The smallest absolute Gasteiger partial charge is 0.254 e. The van der Waals surface area contributed by atoms with Gasteiger partial charge in [0.1, 0.15) is 11.0 Å². The first kappa shape index (κ1) is 39.1. The highest BCUT2D eigenvalue weighted by molar-refractivity contribution is 6.34. The van der Waals surface area contributed by atoms with Crippen LogP contribution in [0.5, 0.6) is 0 Å². The molecule has 0 spiro atoms. The number of aliphatic hydroxyl groups excluding tert-OH is 1. The van der Waals surface area contributed by atoms with E-state index in [-0.39, 0.29) is 38.4 Å². The number of aliphatic hydroxyl groups is 1. The van der Waals surface area contributed by atoms with E-state index in [1.54, 1.807) is 0 Å². The summed E-state index contributed by atoms with van der Waals surface area (Å²) in [6.45, 7) is 11.7. The number of nitrogens with two attached hydrogens (primary N) is 3.